The van der Waals surface area contributed by atoms with Gasteiger partial charge in [-0.15, -0.1) is 0 Å². The van der Waals surface area contributed by atoms with E-state index < -0.39 is 0 Å². The van der Waals surface area contributed by atoms with Crippen molar-refractivity contribution >= 4 is 17.2 Å². The van der Waals surface area contributed by atoms with Crippen molar-refractivity contribution in [1.29, 1.82) is 5.26 Å². The Morgan fingerprint density at radius 3 is 2.76 bits per heavy atom. The molecule has 1 aromatic carbocycles. The molecule has 29 heavy (non-hydrogen) atoms. The maximum atomic E-state index is 9.90. The molecule has 3 N–H and O–H groups in total. The third kappa shape index (κ3) is 4.46. The Balaban J connectivity index is 1.59. The van der Waals surface area contributed by atoms with Gasteiger partial charge in [0, 0.05) is 17.9 Å². The van der Waals surface area contributed by atoms with Gasteiger partial charge in [-0.05, 0) is 49.6 Å². The lowest BCUT2D eigenvalue weighted by atomic mass is 10.1. The van der Waals surface area contributed by atoms with Crippen LogP contribution in [0, 0.1) is 18.3 Å². The van der Waals surface area contributed by atoms with E-state index in [2.05, 4.69) is 32.0 Å². The summed E-state index contributed by atoms with van der Waals surface area (Å²) < 4.78 is 0. The Kier molecular flexibility index (Phi) is 5.57. The molecule has 0 saturated heterocycles. The van der Waals surface area contributed by atoms with E-state index in [1.165, 1.54) is 12.8 Å². The predicted molar refractivity (Wildman–Crippen MR) is 116 cm³/mol. The summed E-state index contributed by atoms with van der Waals surface area (Å²) in [6.07, 6.45) is 12.3. The fourth-order valence-electron chi connectivity index (χ4n) is 3.62. The van der Waals surface area contributed by atoms with E-state index in [9.17, 15) is 5.26 Å². The molecule has 2 aromatic rings. The molecule has 0 unspecified atom stereocenters. The molecule has 6 heteroatoms. The topological polar surface area (TPSA) is 85.7 Å². The summed E-state index contributed by atoms with van der Waals surface area (Å²) in [5.41, 5.74) is 3.70. The van der Waals surface area contributed by atoms with Crippen LogP contribution in [-0.4, -0.2) is 16.0 Å². The van der Waals surface area contributed by atoms with Crippen LogP contribution in [0.2, 0.25) is 0 Å². The summed E-state index contributed by atoms with van der Waals surface area (Å²) in [6, 6.07) is 12.6. The highest BCUT2D eigenvalue weighted by Gasteiger charge is 2.19. The number of benzene rings is 1. The summed E-state index contributed by atoms with van der Waals surface area (Å²) >= 11 is 0. The maximum Gasteiger partial charge on any atom is 0.223 e. The minimum Gasteiger partial charge on any atom is -0.351 e. The number of para-hydroxylation sites is 1. The summed E-state index contributed by atoms with van der Waals surface area (Å²) in [5.74, 6) is 1.39. The molecular weight excluding hydrogens is 360 g/mol. The van der Waals surface area contributed by atoms with E-state index in [1.54, 1.807) is 6.20 Å². The van der Waals surface area contributed by atoms with Gasteiger partial charge >= 0.3 is 0 Å². The molecule has 0 amide bonds. The molecule has 0 radical (unpaired) electrons. The number of nitrogens with one attached hydrogen (secondary N) is 3. The number of aromatic nitrogens is 2. The number of rotatable bonds is 5. The normalized spacial score (nSPS) is 17.9. The zero-order valence-electron chi connectivity index (χ0n) is 16.4. The smallest absolute Gasteiger partial charge is 0.223 e. The van der Waals surface area contributed by atoms with E-state index in [0.29, 0.717) is 29.0 Å². The van der Waals surface area contributed by atoms with Gasteiger partial charge in [0.15, 0.2) is 0 Å². The van der Waals surface area contributed by atoms with Crippen molar-refractivity contribution in [1.82, 2.24) is 15.3 Å². The van der Waals surface area contributed by atoms with Gasteiger partial charge in [-0.25, -0.2) is 9.97 Å². The van der Waals surface area contributed by atoms with Gasteiger partial charge in [-0.2, -0.15) is 5.26 Å². The molecule has 1 saturated carbocycles. The zero-order chi connectivity index (χ0) is 20.1. The van der Waals surface area contributed by atoms with Crippen molar-refractivity contribution in [2.45, 2.75) is 38.6 Å². The molecule has 146 valence electrons. The highest BCUT2D eigenvalue weighted by atomic mass is 15.1. The second-order valence-electron chi connectivity index (χ2n) is 7.31. The monoisotopic (exact) mass is 384 g/mol. The van der Waals surface area contributed by atoms with Gasteiger partial charge in [-0.1, -0.05) is 37.1 Å². The first-order valence-electron chi connectivity index (χ1n) is 9.95. The minimum atomic E-state index is 0.418. The molecule has 1 fully saturated rings. The van der Waals surface area contributed by atoms with E-state index in [-0.39, 0.29) is 0 Å². The average Bonchev–Trinajstić information content (AvgIpc) is 3.25. The largest absolute Gasteiger partial charge is 0.351 e. The lowest BCUT2D eigenvalue weighted by Gasteiger charge is -2.19. The van der Waals surface area contributed by atoms with Crippen molar-refractivity contribution < 1.29 is 0 Å². The Hall–Kier alpha value is -3.59. The van der Waals surface area contributed by atoms with Crippen LogP contribution in [-0.2, 0) is 0 Å². The molecule has 0 atom stereocenters. The number of nitriles is 1. The van der Waals surface area contributed by atoms with E-state index >= 15 is 0 Å². The lowest BCUT2D eigenvalue weighted by molar-refractivity contribution is 0.743. The number of aryl methyl sites for hydroxylation is 1. The number of anilines is 2. The molecular formula is C23H24N6. The van der Waals surface area contributed by atoms with Crippen LogP contribution in [0.15, 0.2) is 66.3 Å². The molecule has 0 spiro atoms. The van der Waals surface area contributed by atoms with E-state index in [4.69, 9.17) is 0 Å². The molecule has 6 nitrogen and oxygen atoms in total. The quantitative estimate of drug-likeness (QED) is 0.659. The van der Waals surface area contributed by atoms with Crippen molar-refractivity contribution in [3.8, 4) is 6.07 Å². The fraction of sp³-hybridized carbons (Fsp3) is 0.261. The summed E-state index contributed by atoms with van der Waals surface area (Å²) in [7, 11) is 0. The first-order valence-corrected chi connectivity index (χ1v) is 9.95. The van der Waals surface area contributed by atoms with Gasteiger partial charge < -0.3 is 16.0 Å². The molecule has 0 bridgehead atoms. The molecule has 2 aliphatic rings. The van der Waals surface area contributed by atoms with Crippen LogP contribution >= 0.6 is 0 Å². The van der Waals surface area contributed by atoms with Crippen LogP contribution in [0.3, 0.4) is 0 Å². The van der Waals surface area contributed by atoms with Crippen LogP contribution in [0.1, 0.15) is 36.9 Å². The molecule has 1 aliphatic heterocycles. The Bertz CT molecular complexity index is 1010. The summed E-state index contributed by atoms with van der Waals surface area (Å²) in [6.45, 7) is 1.93. The van der Waals surface area contributed by atoms with Crippen LogP contribution in [0.4, 0.5) is 11.6 Å². The first-order chi connectivity index (χ1) is 14.2. The number of nitrogens with zero attached hydrogens (tertiary/aromatic N) is 3. The fourth-order valence-corrected chi connectivity index (χ4v) is 3.62. The SMILES string of the molecule is Cc1cnc(NC2CCCC2)nc1/C(C#N)=C1/C=CC=C(Nc2ccccc2)N1. The molecule has 1 aromatic heterocycles. The Morgan fingerprint density at radius 1 is 1.21 bits per heavy atom. The second-order valence-corrected chi connectivity index (χ2v) is 7.31. The predicted octanol–water partition coefficient (Wildman–Crippen LogP) is 4.49. The van der Waals surface area contributed by atoms with Gasteiger partial charge in [0.1, 0.15) is 17.5 Å². The zero-order valence-corrected chi connectivity index (χ0v) is 16.4. The van der Waals surface area contributed by atoms with Gasteiger partial charge in [0.05, 0.1) is 11.4 Å². The third-order valence-electron chi connectivity index (χ3n) is 5.13. The summed E-state index contributed by atoms with van der Waals surface area (Å²) in [5, 5.41) is 20.0. The summed E-state index contributed by atoms with van der Waals surface area (Å²) in [4.78, 5) is 9.09. The van der Waals surface area contributed by atoms with Crippen molar-refractivity contribution in [3.63, 3.8) is 0 Å². The number of hydrogen-bond donors (Lipinski definition) is 3. The molecule has 1 aliphatic carbocycles. The number of dihydropyridines is 1. The minimum absolute atomic E-state index is 0.418. The molecule has 4 rings (SSSR count). The van der Waals surface area contributed by atoms with Gasteiger partial charge in [0.2, 0.25) is 5.95 Å². The highest BCUT2D eigenvalue weighted by molar-refractivity contribution is 5.81. The van der Waals surface area contributed by atoms with Crippen molar-refractivity contribution in [2.24, 2.45) is 0 Å². The third-order valence-corrected chi connectivity index (χ3v) is 5.13. The maximum absolute atomic E-state index is 9.90. The lowest BCUT2D eigenvalue weighted by Crippen LogP contribution is -2.22. The second kappa shape index (κ2) is 8.61. The van der Waals surface area contributed by atoms with Crippen molar-refractivity contribution in [2.75, 3.05) is 10.6 Å². The van der Waals surface area contributed by atoms with E-state index in [0.717, 1.165) is 29.9 Å². The first kappa shape index (κ1) is 18.8. The highest BCUT2D eigenvalue weighted by Crippen LogP contribution is 2.25. The number of hydrogen-bond acceptors (Lipinski definition) is 6. The van der Waals surface area contributed by atoms with Crippen LogP contribution in [0.25, 0.3) is 5.57 Å². The average molecular weight is 384 g/mol. The Morgan fingerprint density at radius 2 is 2.00 bits per heavy atom. The Labute approximate surface area is 171 Å². The van der Waals surface area contributed by atoms with Crippen LogP contribution in [0.5, 0.6) is 0 Å². The van der Waals surface area contributed by atoms with E-state index in [1.807, 2.05) is 55.5 Å². The van der Waals surface area contributed by atoms with Crippen LogP contribution < -0.4 is 16.0 Å². The van der Waals surface area contributed by atoms with Gasteiger partial charge in [0.25, 0.3) is 0 Å². The number of allylic oxidation sites excluding steroid dienone is 4. The van der Waals surface area contributed by atoms with Gasteiger partial charge in [-0.3, -0.25) is 0 Å². The van der Waals surface area contributed by atoms with Crippen molar-refractivity contribution in [3.05, 3.63) is 77.5 Å². The molecule has 2 heterocycles. The standard InChI is InChI=1S/C23H24N6/c1-16-15-25-23(27-18-10-5-6-11-18)29-22(16)19(14-24)20-12-7-13-21(28-20)26-17-8-3-2-4-9-17/h2-4,7-9,12-13,15,18,26,28H,5-6,10-11H2,1H3,(H,25,27,29)/b20-19-.